The standard InChI is InChI=1S/C11H18N2O3/c1-12-3-2-10(15)11(16)9-4-8(7-14)5-13-6-9/h4-6,10-12,14-16H,2-3,7H2,1H3. The molecule has 0 bridgehead atoms. The first-order valence-corrected chi connectivity index (χ1v) is 5.24. The molecule has 0 aliphatic heterocycles. The van der Waals surface area contributed by atoms with Gasteiger partial charge in [-0.1, -0.05) is 0 Å². The van der Waals surface area contributed by atoms with E-state index in [0.717, 1.165) is 0 Å². The highest BCUT2D eigenvalue weighted by atomic mass is 16.3. The van der Waals surface area contributed by atoms with Gasteiger partial charge in [-0.15, -0.1) is 0 Å². The number of aromatic nitrogens is 1. The molecule has 2 unspecified atom stereocenters. The van der Waals surface area contributed by atoms with Crippen molar-refractivity contribution in [2.24, 2.45) is 0 Å². The van der Waals surface area contributed by atoms with E-state index in [4.69, 9.17) is 5.11 Å². The molecule has 0 fully saturated rings. The number of nitrogens with one attached hydrogen (secondary N) is 1. The second kappa shape index (κ2) is 6.55. The second-order valence-electron chi connectivity index (χ2n) is 3.69. The lowest BCUT2D eigenvalue weighted by Gasteiger charge is -2.18. The monoisotopic (exact) mass is 226 g/mol. The van der Waals surface area contributed by atoms with E-state index in [1.54, 1.807) is 13.1 Å². The van der Waals surface area contributed by atoms with Gasteiger partial charge < -0.3 is 20.6 Å². The van der Waals surface area contributed by atoms with Gasteiger partial charge in [0.25, 0.3) is 0 Å². The number of hydrogen-bond acceptors (Lipinski definition) is 5. The molecule has 1 aromatic heterocycles. The summed E-state index contributed by atoms with van der Waals surface area (Å²) in [5, 5.41) is 31.4. The minimum Gasteiger partial charge on any atom is -0.392 e. The third-order valence-corrected chi connectivity index (χ3v) is 2.39. The Morgan fingerprint density at radius 3 is 2.75 bits per heavy atom. The van der Waals surface area contributed by atoms with Gasteiger partial charge in [0.05, 0.1) is 12.7 Å². The molecule has 2 atom stereocenters. The number of nitrogens with zero attached hydrogens (tertiary/aromatic N) is 1. The van der Waals surface area contributed by atoms with Gasteiger partial charge in [0.2, 0.25) is 0 Å². The van der Waals surface area contributed by atoms with E-state index in [2.05, 4.69) is 10.3 Å². The number of rotatable bonds is 6. The van der Waals surface area contributed by atoms with Crippen LogP contribution in [0.25, 0.3) is 0 Å². The van der Waals surface area contributed by atoms with Crippen molar-refractivity contribution >= 4 is 0 Å². The Hall–Kier alpha value is -1.01. The lowest BCUT2D eigenvalue weighted by Crippen LogP contribution is -2.23. The molecule has 16 heavy (non-hydrogen) atoms. The fourth-order valence-corrected chi connectivity index (χ4v) is 1.43. The van der Waals surface area contributed by atoms with Crippen LogP contribution >= 0.6 is 0 Å². The van der Waals surface area contributed by atoms with Crippen LogP contribution in [0.15, 0.2) is 18.5 Å². The van der Waals surface area contributed by atoms with Crippen LogP contribution in [0.2, 0.25) is 0 Å². The number of hydrogen-bond donors (Lipinski definition) is 4. The van der Waals surface area contributed by atoms with Gasteiger partial charge in [-0.2, -0.15) is 0 Å². The first-order valence-electron chi connectivity index (χ1n) is 5.24. The molecule has 4 N–H and O–H groups in total. The Kier molecular flexibility index (Phi) is 5.34. The van der Waals surface area contributed by atoms with Crippen LogP contribution in [0.1, 0.15) is 23.7 Å². The largest absolute Gasteiger partial charge is 0.392 e. The summed E-state index contributed by atoms with van der Waals surface area (Å²) in [6.45, 7) is 0.505. The summed E-state index contributed by atoms with van der Waals surface area (Å²) >= 11 is 0. The zero-order valence-corrected chi connectivity index (χ0v) is 9.30. The molecule has 1 heterocycles. The van der Waals surface area contributed by atoms with Gasteiger partial charge in [0.15, 0.2) is 0 Å². The van der Waals surface area contributed by atoms with E-state index < -0.39 is 12.2 Å². The van der Waals surface area contributed by atoms with Gasteiger partial charge in [0.1, 0.15) is 6.10 Å². The zero-order chi connectivity index (χ0) is 12.0. The second-order valence-corrected chi connectivity index (χ2v) is 3.69. The molecular weight excluding hydrogens is 208 g/mol. The van der Waals surface area contributed by atoms with Gasteiger partial charge in [-0.05, 0) is 31.6 Å². The Morgan fingerprint density at radius 2 is 2.12 bits per heavy atom. The molecule has 0 amide bonds. The third kappa shape index (κ3) is 3.53. The summed E-state index contributed by atoms with van der Waals surface area (Å²) in [5.41, 5.74) is 1.15. The number of aliphatic hydroxyl groups is 3. The summed E-state index contributed by atoms with van der Waals surface area (Å²) in [5.74, 6) is 0. The normalized spacial score (nSPS) is 14.8. The Morgan fingerprint density at radius 1 is 1.38 bits per heavy atom. The van der Waals surface area contributed by atoms with Crippen LogP contribution in [0, 0.1) is 0 Å². The van der Waals surface area contributed by atoms with E-state index in [1.807, 2.05) is 0 Å². The summed E-state index contributed by atoms with van der Waals surface area (Å²) in [6.07, 6.45) is 1.68. The molecule has 5 nitrogen and oxygen atoms in total. The third-order valence-electron chi connectivity index (χ3n) is 2.39. The molecule has 0 spiro atoms. The molecule has 0 saturated heterocycles. The smallest absolute Gasteiger partial charge is 0.106 e. The Bertz CT molecular complexity index is 320. The van der Waals surface area contributed by atoms with Crippen molar-refractivity contribution in [3.63, 3.8) is 0 Å². The maximum absolute atomic E-state index is 9.84. The lowest BCUT2D eigenvalue weighted by molar-refractivity contribution is 0.0137. The van der Waals surface area contributed by atoms with E-state index in [1.165, 1.54) is 12.4 Å². The van der Waals surface area contributed by atoms with Gasteiger partial charge >= 0.3 is 0 Å². The molecule has 1 aromatic rings. The predicted octanol–water partition coefficient (Wildman–Crippen LogP) is -0.422. The highest BCUT2D eigenvalue weighted by molar-refractivity contribution is 5.20. The Labute approximate surface area is 94.8 Å². The molecule has 0 saturated carbocycles. The summed E-state index contributed by atoms with van der Waals surface area (Å²) in [6, 6.07) is 1.64. The molecule has 90 valence electrons. The van der Waals surface area contributed by atoms with E-state index >= 15 is 0 Å². The van der Waals surface area contributed by atoms with E-state index in [9.17, 15) is 10.2 Å². The first kappa shape index (κ1) is 13.1. The van der Waals surface area contributed by atoms with Crippen LogP contribution in [-0.4, -0.2) is 40.0 Å². The van der Waals surface area contributed by atoms with Crippen molar-refractivity contribution in [3.05, 3.63) is 29.6 Å². The van der Waals surface area contributed by atoms with Crippen molar-refractivity contribution in [1.29, 1.82) is 0 Å². The molecular formula is C11H18N2O3. The quantitative estimate of drug-likeness (QED) is 0.529. The van der Waals surface area contributed by atoms with Crippen LogP contribution in [-0.2, 0) is 6.61 Å². The fraction of sp³-hybridized carbons (Fsp3) is 0.545. The maximum atomic E-state index is 9.84. The molecule has 0 aliphatic rings. The maximum Gasteiger partial charge on any atom is 0.106 e. The fourth-order valence-electron chi connectivity index (χ4n) is 1.43. The molecule has 0 aromatic carbocycles. The predicted molar refractivity (Wildman–Crippen MR) is 59.7 cm³/mol. The highest BCUT2D eigenvalue weighted by Gasteiger charge is 2.18. The van der Waals surface area contributed by atoms with Gasteiger partial charge in [-0.3, -0.25) is 4.98 Å². The van der Waals surface area contributed by atoms with Crippen molar-refractivity contribution < 1.29 is 15.3 Å². The van der Waals surface area contributed by atoms with Crippen LogP contribution in [0.4, 0.5) is 0 Å². The minimum absolute atomic E-state index is 0.125. The molecule has 5 heteroatoms. The van der Waals surface area contributed by atoms with E-state index in [0.29, 0.717) is 24.1 Å². The van der Waals surface area contributed by atoms with Crippen molar-refractivity contribution in [3.8, 4) is 0 Å². The van der Waals surface area contributed by atoms with Gasteiger partial charge in [0, 0.05) is 18.0 Å². The van der Waals surface area contributed by atoms with Crippen LogP contribution in [0.3, 0.4) is 0 Å². The van der Waals surface area contributed by atoms with Crippen LogP contribution in [0.5, 0.6) is 0 Å². The minimum atomic E-state index is -0.965. The summed E-state index contributed by atoms with van der Waals surface area (Å²) < 4.78 is 0. The first-order chi connectivity index (χ1) is 7.69. The van der Waals surface area contributed by atoms with Crippen molar-refractivity contribution in [2.45, 2.75) is 25.2 Å². The van der Waals surface area contributed by atoms with Crippen molar-refractivity contribution in [2.75, 3.05) is 13.6 Å². The molecule has 1 rings (SSSR count). The van der Waals surface area contributed by atoms with Crippen LogP contribution < -0.4 is 5.32 Å². The summed E-state index contributed by atoms with van der Waals surface area (Å²) in [4.78, 5) is 3.89. The molecule has 0 radical (unpaired) electrons. The van der Waals surface area contributed by atoms with Gasteiger partial charge in [-0.25, -0.2) is 0 Å². The molecule has 0 aliphatic carbocycles. The Balaban J connectivity index is 2.67. The zero-order valence-electron chi connectivity index (χ0n) is 9.30. The lowest BCUT2D eigenvalue weighted by atomic mass is 10.0. The highest BCUT2D eigenvalue weighted by Crippen LogP contribution is 2.18. The summed E-state index contributed by atoms with van der Waals surface area (Å²) in [7, 11) is 1.78. The van der Waals surface area contributed by atoms with E-state index in [-0.39, 0.29) is 6.61 Å². The topological polar surface area (TPSA) is 85.6 Å². The van der Waals surface area contributed by atoms with Crippen molar-refractivity contribution in [1.82, 2.24) is 10.3 Å². The average molecular weight is 226 g/mol. The number of aliphatic hydroxyl groups excluding tert-OH is 3. The number of pyridine rings is 1. The SMILES string of the molecule is CNCCC(O)C(O)c1cncc(CO)c1. The average Bonchev–Trinajstić information content (AvgIpc) is 2.35.